The van der Waals surface area contributed by atoms with Crippen molar-refractivity contribution in [2.24, 2.45) is 10.7 Å². The molecule has 0 saturated heterocycles. The van der Waals surface area contributed by atoms with Crippen LogP contribution in [0.3, 0.4) is 0 Å². The number of nitrogens with one attached hydrogen (secondary N) is 1. The van der Waals surface area contributed by atoms with Gasteiger partial charge in [0.15, 0.2) is 5.96 Å². The van der Waals surface area contributed by atoms with Crippen molar-refractivity contribution in [3.8, 4) is 5.88 Å². The Morgan fingerprint density at radius 3 is 2.83 bits per heavy atom. The molecule has 8 heteroatoms. The lowest BCUT2D eigenvalue weighted by molar-refractivity contribution is -0.139. The SMILES string of the molecule is CCCCCCN=C(N)NCCOc1ncccc1C(F)(F)F. The molecule has 0 aliphatic heterocycles. The molecule has 1 aromatic heterocycles. The topological polar surface area (TPSA) is 72.5 Å². The standard InChI is InChI=1S/C15H23F3N4O/c1-2-3-4-5-8-21-14(19)22-10-11-23-13-12(15(16,17)18)7-6-9-20-13/h6-7,9H,2-5,8,10-11H2,1H3,(H3,19,21,22). The number of aromatic nitrogens is 1. The van der Waals surface area contributed by atoms with Gasteiger partial charge in [-0.1, -0.05) is 26.2 Å². The first-order valence-electron chi connectivity index (χ1n) is 7.64. The molecule has 0 radical (unpaired) electrons. The second kappa shape index (κ2) is 9.91. The van der Waals surface area contributed by atoms with E-state index >= 15 is 0 Å². The van der Waals surface area contributed by atoms with Crippen LogP contribution in [-0.4, -0.2) is 30.6 Å². The van der Waals surface area contributed by atoms with Gasteiger partial charge in [0.25, 0.3) is 0 Å². The zero-order chi connectivity index (χ0) is 17.1. The Hall–Kier alpha value is -1.99. The zero-order valence-corrected chi connectivity index (χ0v) is 13.2. The van der Waals surface area contributed by atoms with Gasteiger partial charge in [-0.15, -0.1) is 0 Å². The second-order valence-corrected chi connectivity index (χ2v) is 4.96. The fraction of sp³-hybridized carbons (Fsp3) is 0.600. The van der Waals surface area contributed by atoms with Crippen LogP contribution in [0, 0.1) is 0 Å². The lowest BCUT2D eigenvalue weighted by Gasteiger charge is -2.12. The maximum absolute atomic E-state index is 12.7. The van der Waals surface area contributed by atoms with E-state index in [1.54, 1.807) is 0 Å². The first-order valence-corrected chi connectivity index (χ1v) is 7.64. The minimum Gasteiger partial charge on any atom is -0.475 e. The number of aliphatic imine (C=N–C) groups is 1. The number of guanidine groups is 1. The van der Waals surface area contributed by atoms with E-state index in [-0.39, 0.29) is 19.1 Å². The number of hydrogen-bond donors (Lipinski definition) is 2. The molecule has 0 aliphatic rings. The number of hydrogen-bond acceptors (Lipinski definition) is 3. The van der Waals surface area contributed by atoms with Crippen LogP contribution in [0.4, 0.5) is 13.2 Å². The Morgan fingerprint density at radius 2 is 2.13 bits per heavy atom. The molecule has 1 heterocycles. The second-order valence-electron chi connectivity index (χ2n) is 4.96. The van der Waals surface area contributed by atoms with Crippen molar-refractivity contribution in [2.75, 3.05) is 19.7 Å². The van der Waals surface area contributed by atoms with Crippen LogP contribution in [0.2, 0.25) is 0 Å². The number of halogens is 3. The summed E-state index contributed by atoms with van der Waals surface area (Å²) in [6, 6.07) is 2.15. The molecule has 0 saturated carbocycles. The smallest absolute Gasteiger partial charge is 0.421 e. The quantitative estimate of drug-likeness (QED) is 0.414. The van der Waals surface area contributed by atoms with E-state index in [4.69, 9.17) is 10.5 Å². The van der Waals surface area contributed by atoms with Crippen molar-refractivity contribution >= 4 is 5.96 Å². The number of pyridine rings is 1. The Balaban J connectivity index is 2.31. The Kier molecular flexibility index (Phi) is 8.21. The summed E-state index contributed by atoms with van der Waals surface area (Å²) in [7, 11) is 0. The van der Waals surface area contributed by atoms with Gasteiger partial charge in [-0.05, 0) is 18.6 Å². The van der Waals surface area contributed by atoms with Gasteiger partial charge in [0.05, 0.1) is 6.54 Å². The van der Waals surface area contributed by atoms with Crippen LogP contribution < -0.4 is 15.8 Å². The largest absolute Gasteiger partial charge is 0.475 e. The van der Waals surface area contributed by atoms with Gasteiger partial charge in [-0.2, -0.15) is 13.2 Å². The normalized spacial score (nSPS) is 12.3. The number of rotatable bonds is 9. The van der Waals surface area contributed by atoms with Gasteiger partial charge in [0.2, 0.25) is 5.88 Å². The van der Waals surface area contributed by atoms with E-state index in [0.717, 1.165) is 25.3 Å². The molecule has 0 bridgehead atoms. The van der Waals surface area contributed by atoms with E-state index in [0.29, 0.717) is 6.54 Å². The summed E-state index contributed by atoms with van der Waals surface area (Å²) in [5.41, 5.74) is 4.76. The summed E-state index contributed by atoms with van der Waals surface area (Å²) in [5.74, 6) is -0.168. The summed E-state index contributed by atoms with van der Waals surface area (Å²) in [4.78, 5) is 7.74. The van der Waals surface area contributed by atoms with Gasteiger partial charge in [0.1, 0.15) is 12.2 Å². The monoisotopic (exact) mass is 332 g/mol. The molecule has 1 rings (SSSR count). The third-order valence-corrected chi connectivity index (χ3v) is 3.02. The maximum atomic E-state index is 12.7. The predicted octanol–water partition coefficient (Wildman–Crippen LogP) is 2.96. The van der Waals surface area contributed by atoms with Gasteiger partial charge >= 0.3 is 6.18 Å². The third kappa shape index (κ3) is 7.71. The van der Waals surface area contributed by atoms with Crippen molar-refractivity contribution in [3.63, 3.8) is 0 Å². The van der Waals surface area contributed by atoms with E-state index in [1.165, 1.54) is 18.7 Å². The fourth-order valence-corrected chi connectivity index (χ4v) is 1.84. The number of nitrogens with two attached hydrogens (primary N) is 1. The van der Waals surface area contributed by atoms with Gasteiger partial charge in [-0.3, -0.25) is 4.99 Å². The summed E-state index contributed by atoms with van der Waals surface area (Å²) < 4.78 is 43.3. The highest BCUT2D eigenvalue weighted by Crippen LogP contribution is 2.34. The summed E-state index contributed by atoms with van der Waals surface area (Å²) >= 11 is 0. The van der Waals surface area contributed by atoms with Crippen LogP contribution in [0.5, 0.6) is 5.88 Å². The number of ether oxygens (including phenoxy) is 1. The van der Waals surface area contributed by atoms with Crippen LogP contribution in [0.1, 0.15) is 38.2 Å². The minimum atomic E-state index is -4.49. The molecular weight excluding hydrogens is 309 g/mol. The highest BCUT2D eigenvalue weighted by Gasteiger charge is 2.34. The third-order valence-electron chi connectivity index (χ3n) is 3.02. The zero-order valence-electron chi connectivity index (χ0n) is 13.2. The first-order chi connectivity index (χ1) is 10.9. The molecule has 5 nitrogen and oxygen atoms in total. The highest BCUT2D eigenvalue weighted by molar-refractivity contribution is 5.77. The van der Waals surface area contributed by atoms with Crippen molar-refractivity contribution in [2.45, 2.75) is 38.8 Å². The van der Waals surface area contributed by atoms with Crippen molar-refractivity contribution in [1.82, 2.24) is 10.3 Å². The molecule has 0 unspecified atom stereocenters. The fourth-order valence-electron chi connectivity index (χ4n) is 1.84. The van der Waals surface area contributed by atoms with E-state index < -0.39 is 17.6 Å². The average Bonchev–Trinajstić information content (AvgIpc) is 2.51. The van der Waals surface area contributed by atoms with Gasteiger partial charge < -0.3 is 15.8 Å². The average molecular weight is 332 g/mol. The van der Waals surface area contributed by atoms with Gasteiger partial charge in [-0.25, -0.2) is 4.98 Å². The van der Waals surface area contributed by atoms with Gasteiger partial charge in [0, 0.05) is 12.7 Å². The lowest BCUT2D eigenvalue weighted by atomic mass is 10.2. The molecule has 23 heavy (non-hydrogen) atoms. The van der Waals surface area contributed by atoms with E-state index in [1.807, 2.05) is 0 Å². The molecular formula is C15H23F3N4O. The molecule has 130 valence electrons. The number of nitrogens with zero attached hydrogens (tertiary/aromatic N) is 2. The summed E-state index contributed by atoms with van der Waals surface area (Å²) in [6.45, 7) is 3.02. The molecule has 0 atom stereocenters. The molecule has 0 spiro atoms. The predicted molar refractivity (Wildman–Crippen MR) is 83.4 cm³/mol. The Labute approximate surface area is 134 Å². The van der Waals surface area contributed by atoms with E-state index in [2.05, 4.69) is 22.2 Å². The first kappa shape index (κ1) is 19.1. The van der Waals surface area contributed by atoms with Crippen molar-refractivity contribution < 1.29 is 17.9 Å². The molecule has 0 aliphatic carbocycles. The van der Waals surface area contributed by atoms with Crippen LogP contribution in [0.25, 0.3) is 0 Å². The van der Waals surface area contributed by atoms with E-state index in [9.17, 15) is 13.2 Å². The van der Waals surface area contributed by atoms with Crippen molar-refractivity contribution in [3.05, 3.63) is 23.9 Å². The lowest BCUT2D eigenvalue weighted by Crippen LogP contribution is -2.35. The molecule has 0 fully saturated rings. The summed E-state index contributed by atoms with van der Waals surface area (Å²) in [5, 5.41) is 2.80. The van der Waals surface area contributed by atoms with Crippen LogP contribution >= 0.6 is 0 Å². The van der Waals surface area contributed by atoms with Crippen molar-refractivity contribution in [1.29, 1.82) is 0 Å². The molecule has 0 aromatic carbocycles. The molecule has 1 aromatic rings. The minimum absolute atomic E-state index is 0.00610. The highest BCUT2D eigenvalue weighted by atomic mass is 19.4. The Morgan fingerprint density at radius 1 is 1.35 bits per heavy atom. The summed E-state index contributed by atoms with van der Waals surface area (Å²) in [6.07, 6.45) is 1.16. The Bertz CT molecular complexity index is 492. The number of unbranched alkanes of at least 4 members (excludes halogenated alkanes) is 3. The molecule has 3 N–H and O–H groups in total. The molecule has 0 amide bonds. The number of alkyl halides is 3. The van der Waals surface area contributed by atoms with Crippen LogP contribution in [-0.2, 0) is 6.18 Å². The van der Waals surface area contributed by atoms with Crippen LogP contribution in [0.15, 0.2) is 23.3 Å². The maximum Gasteiger partial charge on any atom is 0.421 e.